The molecule has 24 heavy (non-hydrogen) atoms. The van der Waals surface area contributed by atoms with Gasteiger partial charge in [0.15, 0.2) is 0 Å². The summed E-state index contributed by atoms with van der Waals surface area (Å²) < 4.78 is 0. The van der Waals surface area contributed by atoms with E-state index in [2.05, 4.69) is 84.9 Å². The topological polar surface area (TPSA) is 0 Å². The van der Waals surface area contributed by atoms with Crippen LogP contribution in [0.5, 0.6) is 0 Å². The first-order valence-electron chi connectivity index (χ1n) is 8.10. The largest absolute Gasteiger partial charge is 0.122 e. The number of hydrogen-bond donors (Lipinski definition) is 0. The van der Waals surface area contributed by atoms with Crippen LogP contribution in [0, 0.1) is 0 Å². The van der Waals surface area contributed by atoms with Crippen LogP contribution in [-0.4, -0.2) is 0 Å². The predicted molar refractivity (Wildman–Crippen MR) is 104 cm³/mol. The summed E-state index contributed by atoms with van der Waals surface area (Å²) in [6, 6.07) is 31.8. The van der Waals surface area contributed by atoms with E-state index in [-0.39, 0.29) is 0 Å². The highest BCUT2D eigenvalue weighted by atomic mass is 35.5. The Balaban J connectivity index is 2.13. The first-order valence-corrected chi connectivity index (χ1v) is 8.63. The molecule has 0 fully saturated rings. The van der Waals surface area contributed by atoms with Crippen LogP contribution in [-0.2, 0) is 5.88 Å². The van der Waals surface area contributed by atoms with Gasteiger partial charge in [0.2, 0.25) is 0 Å². The first-order chi connectivity index (χ1) is 11.9. The zero-order valence-corrected chi connectivity index (χ0v) is 14.0. The second-order valence-electron chi connectivity index (χ2n) is 5.86. The molecule has 0 N–H and O–H groups in total. The van der Waals surface area contributed by atoms with Crippen LogP contribution >= 0.6 is 11.6 Å². The summed E-state index contributed by atoms with van der Waals surface area (Å²) in [5, 5.41) is 2.46. The molecule has 1 heteroatoms. The van der Waals surface area contributed by atoms with Crippen molar-refractivity contribution in [3.63, 3.8) is 0 Å². The van der Waals surface area contributed by atoms with E-state index in [0.717, 1.165) is 0 Å². The second-order valence-corrected chi connectivity index (χ2v) is 6.13. The summed E-state index contributed by atoms with van der Waals surface area (Å²) in [6.45, 7) is 0. The van der Waals surface area contributed by atoms with E-state index in [1.165, 1.54) is 38.6 Å². The molecule has 0 aliphatic rings. The van der Waals surface area contributed by atoms with Crippen molar-refractivity contribution in [2.75, 3.05) is 0 Å². The molecule has 0 saturated heterocycles. The van der Waals surface area contributed by atoms with Crippen LogP contribution in [0.2, 0.25) is 0 Å². The predicted octanol–water partition coefficient (Wildman–Crippen LogP) is 6.91. The van der Waals surface area contributed by atoms with Crippen molar-refractivity contribution in [3.8, 4) is 22.3 Å². The van der Waals surface area contributed by atoms with Gasteiger partial charge in [0, 0.05) is 5.88 Å². The van der Waals surface area contributed by atoms with Crippen LogP contribution < -0.4 is 0 Å². The van der Waals surface area contributed by atoms with Gasteiger partial charge < -0.3 is 0 Å². The fraction of sp³-hybridized carbons (Fsp3) is 0.0435. The number of rotatable bonds is 3. The molecule has 4 aromatic rings. The molecule has 0 bridgehead atoms. The maximum absolute atomic E-state index is 6.42. The lowest BCUT2D eigenvalue weighted by molar-refractivity contribution is 1.44. The van der Waals surface area contributed by atoms with Gasteiger partial charge in [-0.2, -0.15) is 0 Å². The van der Waals surface area contributed by atoms with Crippen molar-refractivity contribution in [1.29, 1.82) is 0 Å². The Hall–Kier alpha value is -2.57. The van der Waals surface area contributed by atoms with Crippen molar-refractivity contribution in [3.05, 3.63) is 96.6 Å². The zero-order valence-electron chi connectivity index (χ0n) is 13.2. The zero-order chi connectivity index (χ0) is 16.4. The highest BCUT2D eigenvalue weighted by Gasteiger charge is 2.15. The molecule has 0 atom stereocenters. The Labute approximate surface area is 147 Å². The van der Waals surface area contributed by atoms with E-state index < -0.39 is 0 Å². The molecule has 0 unspecified atom stereocenters. The summed E-state index contributed by atoms with van der Waals surface area (Å²) in [5.74, 6) is 0.491. The van der Waals surface area contributed by atoms with Gasteiger partial charge in [0.25, 0.3) is 0 Å². The van der Waals surface area contributed by atoms with Gasteiger partial charge in [-0.15, -0.1) is 11.6 Å². The van der Waals surface area contributed by atoms with Crippen molar-refractivity contribution in [2.24, 2.45) is 0 Å². The number of alkyl halides is 1. The summed E-state index contributed by atoms with van der Waals surface area (Å²) in [5.41, 5.74) is 6.08. The highest BCUT2D eigenvalue weighted by Crippen LogP contribution is 2.40. The number of fused-ring (bicyclic) bond motifs is 1. The van der Waals surface area contributed by atoms with Crippen LogP contribution in [0.3, 0.4) is 0 Å². The van der Waals surface area contributed by atoms with Gasteiger partial charge in [-0.3, -0.25) is 0 Å². The van der Waals surface area contributed by atoms with Gasteiger partial charge in [0.1, 0.15) is 0 Å². The Morgan fingerprint density at radius 3 is 1.88 bits per heavy atom. The average Bonchev–Trinajstić information content (AvgIpc) is 2.67. The second kappa shape index (κ2) is 6.51. The first kappa shape index (κ1) is 15.0. The van der Waals surface area contributed by atoms with Crippen LogP contribution in [0.25, 0.3) is 33.0 Å². The molecule has 0 aliphatic heterocycles. The molecule has 4 rings (SSSR count). The lowest BCUT2D eigenvalue weighted by Crippen LogP contribution is -1.94. The minimum atomic E-state index is 0.491. The third-order valence-corrected chi connectivity index (χ3v) is 4.71. The van der Waals surface area contributed by atoms with E-state index in [1.807, 2.05) is 6.07 Å². The molecule has 0 aliphatic carbocycles. The molecule has 0 spiro atoms. The fourth-order valence-corrected chi connectivity index (χ4v) is 3.62. The molecule has 116 valence electrons. The number of halogens is 1. The van der Waals surface area contributed by atoms with Crippen LogP contribution in [0.4, 0.5) is 0 Å². The fourth-order valence-electron chi connectivity index (χ4n) is 3.34. The average molecular weight is 329 g/mol. The highest BCUT2D eigenvalue weighted by molar-refractivity contribution is 6.19. The third kappa shape index (κ3) is 2.60. The molecule has 0 nitrogen and oxygen atoms in total. The smallest absolute Gasteiger partial charge is 0.0486 e. The quantitative estimate of drug-likeness (QED) is 0.358. The molecular weight excluding hydrogens is 312 g/mol. The van der Waals surface area contributed by atoms with Crippen molar-refractivity contribution >= 4 is 22.4 Å². The molecule has 0 saturated carbocycles. The van der Waals surface area contributed by atoms with E-state index in [0.29, 0.717) is 5.88 Å². The minimum absolute atomic E-state index is 0.491. The van der Waals surface area contributed by atoms with Gasteiger partial charge in [0.05, 0.1) is 0 Å². The maximum atomic E-state index is 6.42. The van der Waals surface area contributed by atoms with Gasteiger partial charge in [-0.1, -0.05) is 84.9 Å². The van der Waals surface area contributed by atoms with E-state index in [4.69, 9.17) is 11.6 Å². The molecule has 0 aromatic heterocycles. The van der Waals surface area contributed by atoms with Gasteiger partial charge in [-0.05, 0) is 44.7 Å². The van der Waals surface area contributed by atoms with Crippen LogP contribution in [0.1, 0.15) is 5.56 Å². The summed E-state index contributed by atoms with van der Waals surface area (Å²) in [7, 11) is 0. The summed E-state index contributed by atoms with van der Waals surface area (Å²) in [6.07, 6.45) is 0. The Bertz CT molecular complexity index is 973. The Kier molecular flexibility index (Phi) is 4.06. The van der Waals surface area contributed by atoms with Crippen molar-refractivity contribution in [1.82, 2.24) is 0 Å². The lowest BCUT2D eigenvalue weighted by atomic mass is 9.87. The number of hydrogen-bond acceptors (Lipinski definition) is 0. The van der Waals surface area contributed by atoms with Gasteiger partial charge >= 0.3 is 0 Å². The third-order valence-electron chi connectivity index (χ3n) is 4.44. The summed E-state index contributed by atoms with van der Waals surface area (Å²) in [4.78, 5) is 0. The Morgan fingerprint density at radius 2 is 1.21 bits per heavy atom. The number of benzene rings is 4. The van der Waals surface area contributed by atoms with Crippen molar-refractivity contribution < 1.29 is 0 Å². The minimum Gasteiger partial charge on any atom is -0.122 e. The monoisotopic (exact) mass is 328 g/mol. The lowest BCUT2D eigenvalue weighted by Gasteiger charge is -2.17. The van der Waals surface area contributed by atoms with Gasteiger partial charge in [-0.25, -0.2) is 0 Å². The molecule has 0 radical (unpaired) electrons. The van der Waals surface area contributed by atoms with E-state index in [1.54, 1.807) is 0 Å². The molecule has 4 aromatic carbocycles. The SMILES string of the molecule is ClCc1c(-c2ccccc2)c(-c2ccccc2)cc2ccccc12. The van der Waals surface area contributed by atoms with Crippen molar-refractivity contribution in [2.45, 2.75) is 5.88 Å². The normalized spacial score (nSPS) is 10.9. The molecule has 0 heterocycles. The Morgan fingerprint density at radius 1 is 0.625 bits per heavy atom. The summed E-state index contributed by atoms with van der Waals surface area (Å²) >= 11 is 6.42. The van der Waals surface area contributed by atoms with E-state index >= 15 is 0 Å². The maximum Gasteiger partial charge on any atom is 0.0486 e. The molecule has 0 amide bonds. The standard InChI is InChI=1S/C23H17Cl/c24-16-22-20-14-8-7-13-19(20)15-21(17-9-3-1-4-10-17)23(22)18-11-5-2-6-12-18/h1-15H,16H2. The van der Waals surface area contributed by atoms with Crippen LogP contribution in [0.15, 0.2) is 91.0 Å². The molecular formula is C23H17Cl. The van der Waals surface area contributed by atoms with E-state index in [9.17, 15) is 0 Å².